The summed E-state index contributed by atoms with van der Waals surface area (Å²) >= 11 is 0. The molecule has 0 aliphatic carbocycles. The fraction of sp³-hybridized carbons (Fsp3) is 0.750. The molecule has 0 radical (unpaired) electrons. The molecule has 1 rings (SSSR count). The monoisotopic (exact) mass is 221 g/mol. The summed E-state index contributed by atoms with van der Waals surface area (Å²) in [4.78, 5) is 1.75. The Balaban J connectivity index is 2.88. The van der Waals surface area contributed by atoms with Gasteiger partial charge in [0.1, 0.15) is 12.7 Å². The minimum atomic E-state index is -4.06. The number of nitrogens with zero attached hydrogens (tertiary/aromatic N) is 2. The Morgan fingerprint density at radius 3 is 2.57 bits per heavy atom. The molecule has 1 N–H and O–H groups in total. The summed E-state index contributed by atoms with van der Waals surface area (Å²) in [7, 11) is -2.27. The maximum Gasteiger partial charge on any atom is 0.438 e. The molecular weight excluding hydrogens is 204 g/mol. The lowest BCUT2D eigenvalue weighted by atomic mass is 10.3. The van der Waals surface area contributed by atoms with Crippen molar-refractivity contribution in [2.24, 2.45) is 0 Å². The normalized spacial score (nSPS) is 27.2. The molecule has 0 saturated heterocycles. The van der Waals surface area contributed by atoms with E-state index in [1.54, 1.807) is 18.1 Å². The molecular formula is C8H17N2O3S+. The number of quaternary nitrogens is 1. The van der Waals surface area contributed by atoms with Crippen molar-refractivity contribution < 1.29 is 16.9 Å². The average molecular weight is 221 g/mol. The molecule has 0 amide bonds. The van der Waals surface area contributed by atoms with Gasteiger partial charge in [-0.3, -0.25) is 0 Å². The Bertz CT molecular complexity index is 325. The van der Waals surface area contributed by atoms with Gasteiger partial charge in [-0.25, -0.2) is 4.55 Å². The van der Waals surface area contributed by atoms with Crippen molar-refractivity contribution in [3.63, 3.8) is 0 Å². The van der Waals surface area contributed by atoms with E-state index < -0.39 is 10.3 Å². The van der Waals surface area contributed by atoms with E-state index in [0.717, 1.165) is 12.8 Å². The van der Waals surface area contributed by atoms with Crippen molar-refractivity contribution in [1.82, 2.24) is 4.90 Å². The third-order valence-corrected chi connectivity index (χ3v) is 3.74. The lowest BCUT2D eigenvalue weighted by Crippen LogP contribution is -2.49. The number of hydrogen-bond donors (Lipinski definition) is 1. The summed E-state index contributed by atoms with van der Waals surface area (Å²) in [5.41, 5.74) is 0. The molecule has 0 fully saturated rings. The molecule has 6 heteroatoms. The molecule has 1 heterocycles. The summed E-state index contributed by atoms with van der Waals surface area (Å²) in [6, 6.07) is 0. The fourth-order valence-electron chi connectivity index (χ4n) is 1.54. The first-order valence-corrected chi connectivity index (χ1v) is 6.05. The lowest BCUT2D eigenvalue weighted by molar-refractivity contribution is -0.759. The number of unbranched alkanes of at least 4 members (excludes halogenated alkanes) is 1. The van der Waals surface area contributed by atoms with E-state index in [0.29, 0.717) is 13.2 Å². The summed E-state index contributed by atoms with van der Waals surface area (Å²) in [6.07, 6.45) is 4.90. The maximum absolute atomic E-state index is 11.3. The van der Waals surface area contributed by atoms with Crippen LogP contribution in [0.4, 0.5) is 0 Å². The largest absolute Gasteiger partial charge is 0.438 e. The molecule has 0 aromatic heterocycles. The van der Waals surface area contributed by atoms with Crippen LogP contribution in [0.5, 0.6) is 0 Å². The van der Waals surface area contributed by atoms with Crippen LogP contribution < -0.4 is 0 Å². The minimum Gasteiger partial charge on any atom is -0.328 e. The second kappa shape index (κ2) is 3.88. The van der Waals surface area contributed by atoms with E-state index in [1.807, 2.05) is 6.92 Å². The van der Waals surface area contributed by atoms with Crippen molar-refractivity contribution in [3.8, 4) is 0 Å². The SMILES string of the molecule is CCCC[N+]1(S(=O)(=O)O)C=CN(C)C1. The van der Waals surface area contributed by atoms with Crippen molar-refractivity contribution in [2.45, 2.75) is 19.8 Å². The highest BCUT2D eigenvalue weighted by atomic mass is 32.2. The zero-order valence-electron chi connectivity index (χ0n) is 8.55. The fourth-order valence-corrected chi connectivity index (χ4v) is 2.44. The molecule has 1 atom stereocenters. The first kappa shape index (κ1) is 11.5. The molecule has 0 bridgehead atoms. The van der Waals surface area contributed by atoms with E-state index in [1.165, 1.54) is 6.20 Å². The van der Waals surface area contributed by atoms with E-state index in [9.17, 15) is 13.0 Å². The van der Waals surface area contributed by atoms with E-state index in [2.05, 4.69) is 0 Å². The lowest BCUT2D eigenvalue weighted by Gasteiger charge is -2.27. The summed E-state index contributed by atoms with van der Waals surface area (Å²) < 4.78 is 31.3. The van der Waals surface area contributed by atoms with Gasteiger partial charge in [-0.05, 0) is 6.42 Å². The third kappa shape index (κ3) is 2.08. The predicted molar refractivity (Wildman–Crippen MR) is 53.4 cm³/mol. The Morgan fingerprint density at radius 1 is 1.57 bits per heavy atom. The summed E-state index contributed by atoms with van der Waals surface area (Å²) in [6.45, 7) is 2.71. The van der Waals surface area contributed by atoms with Gasteiger partial charge in [0.2, 0.25) is 0 Å². The van der Waals surface area contributed by atoms with Crippen LogP contribution in [0, 0.1) is 0 Å². The van der Waals surface area contributed by atoms with Gasteiger partial charge in [0.15, 0.2) is 6.67 Å². The Morgan fingerprint density at radius 2 is 2.21 bits per heavy atom. The molecule has 0 saturated carbocycles. The van der Waals surface area contributed by atoms with Gasteiger partial charge in [-0.2, -0.15) is 0 Å². The highest BCUT2D eigenvalue weighted by molar-refractivity contribution is 7.80. The average Bonchev–Trinajstić information content (AvgIpc) is 2.44. The molecule has 1 aliphatic heterocycles. The summed E-state index contributed by atoms with van der Waals surface area (Å²) in [5.74, 6) is 0. The first-order valence-electron chi connectivity index (χ1n) is 4.65. The topological polar surface area (TPSA) is 57.6 Å². The van der Waals surface area contributed by atoms with Gasteiger partial charge in [0.25, 0.3) is 0 Å². The van der Waals surface area contributed by atoms with Gasteiger partial charge < -0.3 is 4.90 Å². The van der Waals surface area contributed by atoms with Crippen LogP contribution in [-0.2, 0) is 10.3 Å². The van der Waals surface area contributed by atoms with E-state index >= 15 is 0 Å². The van der Waals surface area contributed by atoms with Crippen LogP contribution in [0.25, 0.3) is 0 Å². The number of rotatable bonds is 4. The molecule has 82 valence electrons. The second-order valence-corrected chi connectivity index (χ2v) is 5.30. The maximum atomic E-state index is 11.3. The minimum absolute atomic E-state index is 0.291. The van der Waals surface area contributed by atoms with Crippen molar-refractivity contribution in [3.05, 3.63) is 12.4 Å². The van der Waals surface area contributed by atoms with Crippen LogP contribution in [0.3, 0.4) is 0 Å². The third-order valence-electron chi connectivity index (χ3n) is 2.40. The molecule has 14 heavy (non-hydrogen) atoms. The Hall–Kier alpha value is -0.590. The molecule has 5 nitrogen and oxygen atoms in total. The van der Waals surface area contributed by atoms with Crippen LogP contribution in [-0.4, -0.2) is 42.0 Å². The highest BCUT2D eigenvalue weighted by Crippen LogP contribution is 2.22. The molecule has 0 aromatic rings. The van der Waals surface area contributed by atoms with Gasteiger partial charge >= 0.3 is 10.3 Å². The first-order chi connectivity index (χ1) is 6.41. The van der Waals surface area contributed by atoms with Gasteiger partial charge in [-0.1, -0.05) is 13.3 Å². The molecule has 1 unspecified atom stereocenters. The zero-order chi connectivity index (χ0) is 10.8. The van der Waals surface area contributed by atoms with Crippen molar-refractivity contribution in [1.29, 1.82) is 0 Å². The Kier molecular flexibility index (Phi) is 3.18. The van der Waals surface area contributed by atoms with Crippen molar-refractivity contribution >= 4 is 10.3 Å². The van der Waals surface area contributed by atoms with Crippen molar-refractivity contribution in [2.75, 3.05) is 20.3 Å². The molecule has 0 aromatic carbocycles. The van der Waals surface area contributed by atoms with Gasteiger partial charge in [-0.15, -0.1) is 12.3 Å². The van der Waals surface area contributed by atoms with Gasteiger partial charge in [0, 0.05) is 7.05 Å². The van der Waals surface area contributed by atoms with Crippen LogP contribution in [0.15, 0.2) is 12.4 Å². The standard InChI is InChI=1S/C8H16N2O3S/c1-3-4-6-10(14(11,12)13)7-5-9(2)8-10/h5,7H,3-4,6,8H2,1-2H3/p+1. The van der Waals surface area contributed by atoms with Crippen LogP contribution in [0.2, 0.25) is 0 Å². The predicted octanol–water partition coefficient (Wildman–Crippen LogP) is 0.780. The smallest absolute Gasteiger partial charge is 0.328 e. The second-order valence-electron chi connectivity index (χ2n) is 3.67. The number of hydrogen-bond acceptors (Lipinski definition) is 3. The van der Waals surface area contributed by atoms with Crippen LogP contribution in [0.1, 0.15) is 19.8 Å². The quantitative estimate of drug-likeness (QED) is 0.563. The molecule has 0 spiro atoms. The highest BCUT2D eigenvalue weighted by Gasteiger charge is 2.42. The molecule has 1 aliphatic rings. The van der Waals surface area contributed by atoms with E-state index in [4.69, 9.17) is 0 Å². The van der Waals surface area contributed by atoms with E-state index in [-0.39, 0.29) is 3.89 Å². The van der Waals surface area contributed by atoms with Gasteiger partial charge in [0.05, 0.1) is 6.20 Å². The Labute approximate surface area is 85.1 Å². The van der Waals surface area contributed by atoms with Crippen LogP contribution >= 0.6 is 0 Å². The summed E-state index contributed by atoms with van der Waals surface area (Å²) in [5, 5.41) is 0. The zero-order valence-corrected chi connectivity index (χ0v) is 9.37.